The van der Waals surface area contributed by atoms with E-state index in [0.717, 1.165) is 44.0 Å². The second-order valence-corrected chi connectivity index (χ2v) is 12.4. The molecular weight excluding hydrogens is 476 g/mol. The molecule has 8 heteroatoms. The zero-order valence-corrected chi connectivity index (χ0v) is 23.0. The number of aldehydes is 1. The normalized spacial score (nSPS) is 45.4. The second-order valence-electron chi connectivity index (χ2n) is 12.4. The van der Waals surface area contributed by atoms with Gasteiger partial charge in [-0.1, -0.05) is 45.3 Å². The zero-order valence-electron chi connectivity index (χ0n) is 23.0. The number of rotatable bonds is 11. The summed E-state index contributed by atoms with van der Waals surface area (Å²) in [7, 11) is 1.47. The molecule has 210 valence electrons. The topological polar surface area (TPSA) is 123 Å². The first-order valence-corrected chi connectivity index (χ1v) is 14.1. The van der Waals surface area contributed by atoms with Crippen LogP contribution in [0.3, 0.4) is 0 Å². The number of carbonyl (C=O) groups excluding carboxylic acids is 1. The molecule has 9 unspecified atom stereocenters. The SMILES string of the molecule is COC1C(C)OC(OCCCCC2C(C)CCC2[C@@]2(C=O)CC3C=C(C(C)C)[C@@]2(C(=O)O)C3)C(O)C1O. The van der Waals surface area contributed by atoms with Crippen LogP contribution < -0.4 is 0 Å². The van der Waals surface area contributed by atoms with E-state index in [4.69, 9.17) is 14.2 Å². The van der Waals surface area contributed by atoms with Crippen LogP contribution in [0.1, 0.15) is 72.6 Å². The maximum absolute atomic E-state index is 12.9. The average Bonchev–Trinajstić information content (AvgIpc) is 3.53. The third kappa shape index (κ3) is 4.61. The third-order valence-electron chi connectivity index (χ3n) is 10.2. The molecular formula is C29H46O8. The number of carboxylic acid groups (broad SMARTS) is 1. The molecule has 1 aliphatic heterocycles. The smallest absolute Gasteiger partial charge is 0.314 e. The van der Waals surface area contributed by atoms with Gasteiger partial charge in [-0.3, -0.25) is 4.79 Å². The van der Waals surface area contributed by atoms with Gasteiger partial charge in [0.1, 0.15) is 30.0 Å². The molecule has 3 fully saturated rings. The molecule has 0 aromatic carbocycles. The van der Waals surface area contributed by atoms with Crippen LogP contribution in [0.4, 0.5) is 0 Å². The number of allylic oxidation sites excluding steroid dienone is 1. The van der Waals surface area contributed by atoms with E-state index in [9.17, 15) is 24.9 Å². The summed E-state index contributed by atoms with van der Waals surface area (Å²) in [5.41, 5.74) is -0.961. The van der Waals surface area contributed by atoms with Crippen LogP contribution >= 0.6 is 0 Å². The number of unbranched alkanes of at least 4 members (excludes halogenated alkanes) is 1. The van der Waals surface area contributed by atoms with E-state index in [1.807, 2.05) is 13.8 Å². The van der Waals surface area contributed by atoms with E-state index in [-0.39, 0.29) is 23.7 Å². The molecule has 4 rings (SSSR count). The molecule has 8 nitrogen and oxygen atoms in total. The number of aliphatic hydroxyl groups excluding tert-OH is 2. The first-order chi connectivity index (χ1) is 17.5. The number of hydrogen-bond donors (Lipinski definition) is 3. The summed E-state index contributed by atoms with van der Waals surface area (Å²) >= 11 is 0. The lowest BCUT2D eigenvalue weighted by Crippen LogP contribution is -2.58. The highest BCUT2D eigenvalue weighted by atomic mass is 16.7. The Morgan fingerprint density at radius 1 is 1.19 bits per heavy atom. The standard InChI is InChI=1S/C29H46O8/c1-16(2)22-12-19-13-28(15-30,29(22,14-19)27(33)34)21-10-9-17(3)20(21)8-6-7-11-36-26-24(32)23(31)25(35-5)18(4)37-26/h12,15-21,23-26,31-32H,6-11,13-14H2,1-5H3,(H,33,34)/t17?,18?,19?,20?,21?,23?,24?,25?,26?,28-,29+/m0/s1. The van der Waals surface area contributed by atoms with Crippen LogP contribution in [0, 0.1) is 40.4 Å². The van der Waals surface area contributed by atoms with E-state index in [1.165, 1.54) is 7.11 Å². The summed E-state index contributed by atoms with van der Waals surface area (Å²) < 4.78 is 16.7. The molecule has 11 atom stereocenters. The Balaban J connectivity index is 1.39. The quantitative estimate of drug-likeness (QED) is 0.214. The van der Waals surface area contributed by atoms with Gasteiger partial charge in [0, 0.05) is 19.1 Å². The maximum Gasteiger partial charge on any atom is 0.314 e. The van der Waals surface area contributed by atoms with Crippen molar-refractivity contribution < 1.29 is 39.1 Å². The summed E-state index contributed by atoms with van der Waals surface area (Å²) in [5.74, 6) is 0.230. The minimum atomic E-state index is -1.18. The van der Waals surface area contributed by atoms with Crippen LogP contribution in [-0.2, 0) is 23.8 Å². The molecule has 3 aliphatic carbocycles. The van der Waals surface area contributed by atoms with Gasteiger partial charge in [-0.25, -0.2) is 0 Å². The van der Waals surface area contributed by atoms with Crippen molar-refractivity contribution in [2.75, 3.05) is 13.7 Å². The third-order valence-corrected chi connectivity index (χ3v) is 10.2. The predicted octanol–water partition coefficient (Wildman–Crippen LogP) is 3.58. The molecule has 0 aromatic rings. The Labute approximate surface area is 220 Å². The average molecular weight is 523 g/mol. The highest BCUT2D eigenvalue weighted by Gasteiger charge is 2.71. The molecule has 1 saturated heterocycles. The summed E-state index contributed by atoms with van der Waals surface area (Å²) in [4.78, 5) is 25.8. The predicted molar refractivity (Wildman–Crippen MR) is 137 cm³/mol. The molecule has 0 radical (unpaired) electrons. The molecule has 2 bridgehead atoms. The number of carboxylic acids is 1. The van der Waals surface area contributed by atoms with E-state index in [1.54, 1.807) is 6.92 Å². The Morgan fingerprint density at radius 3 is 2.54 bits per heavy atom. The van der Waals surface area contributed by atoms with Crippen molar-refractivity contribution in [2.45, 2.75) is 103 Å². The minimum Gasteiger partial charge on any atom is -0.481 e. The van der Waals surface area contributed by atoms with E-state index in [2.05, 4.69) is 13.0 Å². The highest BCUT2D eigenvalue weighted by molar-refractivity contribution is 5.88. The van der Waals surface area contributed by atoms with Crippen molar-refractivity contribution in [3.8, 4) is 0 Å². The lowest BCUT2D eigenvalue weighted by molar-refractivity contribution is -0.296. The van der Waals surface area contributed by atoms with E-state index in [0.29, 0.717) is 25.4 Å². The van der Waals surface area contributed by atoms with Gasteiger partial charge < -0.3 is 34.3 Å². The largest absolute Gasteiger partial charge is 0.481 e. The summed E-state index contributed by atoms with van der Waals surface area (Å²) in [6.07, 6.45) is 4.67. The lowest BCUT2D eigenvalue weighted by atomic mass is 9.52. The molecule has 0 aromatic heterocycles. The van der Waals surface area contributed by atoms with Crippen molar-refractivity contribution in [1.29, 1.82) is 0 Å². The van der Waals surface area contributed by atoms with Gasteiger partial charge in [0.15, 0.2) is 6.29 Å². The maximum atomic E-state index is 12.9. The van der Waals surface area contributed by atoms with Gasteiger partial charge in [0.2, 0.25) is 0 Å². The van der Waals surface area contributed by atoms with Gasteiger partial charge in [-0.05, 0) is 68.6 Å². The first kappa shape index (κ1) is 28.7. The van der Waals surface area contributed by atoms with Crippen molar-refractivity contribution in [3.05, 3.63) is 11.6 Å². The van der Waals surface area contributed by atoms with Crippen molar-refractivity contribution in [2.24, 2.45) is 40.4 Å². The number of fused-ring (bicyclic) bond motifs is 2. The van der Waals surface area contributed by atoms with Crippen molar-refractivity contribution in [3.63, 3.8) is 0 Å². The number of aliphatic hydroxyl groups is 2. The zero-order chi connectivity index (χ0) is 27.1. The Kier molecular flexibility index (Phi) is 8.56. The van der Waals surface area contributed by atoms with Gasteiger partial charge >= 0.3 is 5.97 Å². The Morgan fingerprint density at radius 2 is 1.92 bits per heavy atom. The molecule has 2 saturated carbocycles. The van der Waals surface area contributed by atoms with E-state index < -0.39 is 47.5 Å². The molecule has 4 aliphatic rings. The fourth-order valence-corrected chi connectivity index (χ4v) is 8.51. The highest BCUT2D eigenvalue weighted by Crippen LogP contribution is 2.70. The molecule has 1 heterocycles. The molecule has 3 N–H and O–H groups in total. The molecule has 37 heavy (non-hydrogen) atoms. The summed E-state index contributed by atoms with van der Waals surface area (Å²) in [6.45, 7) is 8.49. The minimum absolute atomic E-state index is 0.0648. The summed E-state index contributed by atoms with van der Waals surface area (Å²) in [5, 5.41) is 31.2. The molecule has 0 spiro atoms. The Hall–Kier alpha value is -1.32. The van der Waals surface area contributed by atoms with Gasteiger partial charge in [-0.15, -0.1) is 0 Å². The van der Waals surface area contributed by atoms with Gasteiger partial charge in [0.05, 0.1) is 6.10 Å². The van der Waals surface area contributed by atoms with Crippen LogP contribution in [0.15, 0.2) is 11.6 Å². The first-order valence-electron chi connectivity index (χ1n) is 14.1. The molecule has 0 amide bonds. The van der Waals surface area contributed by atoms with Gasteiger partial charge in [-0.2, -0.15) is 0 Å². The van der Waals surface area contributed by atoms with Crippen molar-refractivity contribution >= 4 is 12.3 Å². The fraction of sp³-hybridized carbons (Fsp3) is 0.862. The number of hydrogen-bond acceptors (Lipinski definition) is 7. The van der Waals surface area contributed by atoms with Crippen LogP contribution in [0.5, 0.6) is 0 Å². The van der Waals surface area contributed by atoms with Crippen LogP contribution in [0.25, 0.3) is 0 Å². The van der Waals surface area contributed by atoms with Crippen LogP contribution in [-0.4, -0.2) is 72.0 Å². The lowest BCUT2D eigenvalue weighted by Gasteiger charge is -2.48. The second kappa shape index (κ2) is 11.0. The van der Waals surface area contributed by atoms with E-state index >= 15 is 0 Å². The van der Waals surface area contributed by atoms with Crippen molar-refractivity contribution in [1.82, 2.24) is 0 Å². The van der Waals surface area contributed by atoms with Gasteiger partial charge in [0.25, 0.3) is 0 Å². The number of ether oxygens (including phenoxy) is 3. The number of carbonyl (C=O) groups is 2. The Bertz CT molecular complexity index is 872. The van der Waals surface area contributed by atoms with Crippen LogP contribution in [0.2, 0.25) is 0 Å². The number of methoxy groups -OCH3 is 1. The number of aliphatic carboxylic acids is 1. The summed E-state index contributed by atoms with van der Waals surface area (Å²) in [6, 6.07) is 0. The monoisotopic (exact) mass is 522 g/mol. The fourth-order valence-electron chi connectivity index (χ4n) is 8.51.